The third-order valence-corrected chi connectivity index (χ3v) is 5.00. The molecule has 3 N–H and O–H groups in total. The van der Waals surface area contributed by atoms with Crippen molar-refractivity contribution in [1.82, 2.24) is 15.1 Å². The first-order valence-corrected chi connectivity index (χ1v) is 9.31. The van der Waals surface area contributed by atoms with Gasteiger partial charge in [0.15, 0.2) is 0 Å². The van der Waals surface area contributed by atoms with Gasteiger partial charge in [-0.1, -0.05) is 43.3 Å². The van der Waals surface area contributed by atoms with Gasteiger partial charge in [0.1, 0.15) is 0 Å². The van der Waals surface area contributed by atoms with Crippen molar-refractivity contribution in [2.45, 2.75) is 20.0 Å². The summed E-state index contributed by atoms with van der Waals surface area (Å²) in [5.41, 5.74) is 9.28. The number of nitrogen functional groups attached to an aromatic ring is 1. The topological polar surface area (TPSA) is 61.6 Å². The lowest BCUT2D eigenvalue weighted by molar-refractivity contribution is 0.0952. The predicted molar refractivity (Wildman–Crippen MR) is 128 cm³/mol. The van der Waals surface area contributed by atoms with Crippen LogP contribution in [0.5, 0.6) is 0 Å². The molecule has 1 amide bonds. The number of rotatable bonds is 6. The highest BCUT2D eigenvalue weighted by Crippen LogP contribution is 2.12. The number of carbonyl (C=O) groups excluding carboxylic acids is 1. The standard InChI is InChI=1S/C21H28N4O.3ClH/c1-2-24-11-13-25(14-12-24)16-18-9-7-17(8-10-18)15-23-21(26)19-5-3-4-6-20(19)22;;;/h3-10H,2,11-16,22H2,1H3,(H,23,26);3*1H. The minimum absolute atomic E-state index is 0. The molecule has 5 nitrogen and oxygen atoms in total. The van der Waals surface area contributed by atoms with Crippen LogP contribution in [0.4, 0.5) is 5.69 Å². The number of amides is 1. The molecule has 29 heavy (non-hydrogen) atoms. The van der Waals surface area contributed by atoms with Crippen molar-refractivity contribution in [2.75, 3.05) is 38.5 Å². The summed E-state index contributed by atoms with van der Waals surface area (Å²) in [6.45, 7) is 9.43. The summed E-state index contributed by atoms with van der Waals surface area (Å²) >= 11 is 0. The molecule has 0 saturated carbocycles. The van der Waals surface area contributed by atoms with Crippen molar-refractivity contribution >= 4 is 48.8 Å². The molecule has 1 aliphatic rings. The second-order valence-corrected chi connectivity index (χ2v) is 6.80. The summed E-state index contributed by atoms with van der Waals surface area (Å²) < 4.78 is 0. The van der Waals surface area contributed by atoms with E-state index in [-0.39, 0.29) is 43.1 Å². The molecule has 162 valence electrons. The van der Waals surface area contributed by atoms with Crippen LogP contribution in [0.25, 0.3) is 0 Å². The van der Waals surface area contributed by atoms with Crippen LogP contribution < -0.4 is 11.1 Å². The van der Waals surface area contributed by atoms with E-state index < -0.39 is 0 Å². The molecular formula is C21H31Cl3N4O. The fourth-order valence-corrected chi connectivity index (χ4v) is 3.27. The molecule has 1 saturated heterocycles. The molecule has 0 bridgehead atoms. The first-order chi connectivity index (χ1) is 12.7. The van der Waals surface area contributed by atoms with Crippen LogP contribution in [0.3, 0.4) is 0 Å². The number of nitrogens with zero attached hydrogens (tertiary/aromatic N) is 2. The number of hydrogen-bond acceptors (Lipinski definition) is 4. The van der Waals surface area contributed by atoms with Gasteiger partial charge < -0.3 is 16.0 Å². The molecular weight excluding hydrogens is 431 g/mol. The second-order valence-electron chi connectivity index (χ2n) is 6.80. The number of carbonyl (C=O) groups is 1. The maximum atomic E-state index is 12.2. The lowest BCUT2D eigenvalue weighted by Crippen LogP contribution is -2.45. The Morgan fingerprint density at radius 1 is 0.897 bits per heavy atom. The molecule has 0 radical (unpaired) electrons. The minimum Gasteiger partial charge on any atom is -0.398 e. The van der Waals surface area contributed by atoms with Gasteiger partial charge in [-0.25, -0.2) is 0 Å². The molecule has 1 heterocycles. The van der Waals surface area contributed by atoms with Crippen molar-refractivity contribution < 1.29 is 4.79 Å². The van der Waals surface area contributed by atoms with E-state index in [0.29, 0.717) is 17.8 Å². The Morgan fingerprint density at radius 2 is 1.45 bits per heavy atom. The second kappa shape index (κ2) is 13.7. The van der Waals surface area contributed by atoms with Gasteiger partial charge in [-0.3, -0.25) is 9.69 Å². The van der Waals surface area contributed by atoms with Crippen LogP contribution in [0.2, 0.25) is 0 Å². The summed E-state index contributed by atoms with van der Waals surface area (Å²) in [6, 6.07) is 15.6. The van der Waals surface area contributed by atoms with E-state index in [1.165, 1.54) is 5.56 Å². The number of anilines is 1. The van der Waals surface area contributed by atoms with E-state index in [2.05, 4.69) is 46.3 Å². The molecule has 0 spiro atoms. The van der Waals surface area contributed by atoms with Crippen LogP contribution in [-0.2, 0) is 13.1 Å². The average molecular weight is 462 g/mol. The number of nitrogens with two attached hydrogens (primary N) is 1. The molecule has 8 heteroatoms. The first-order valence-electron chi connectivity index (χ1n) is 9.31. The molecule has 3 rings (SSSR count). The summed E-state index contributed by atoms with van der Waals surface area (Å²) in [5.74, 6) is -0.138. The van der Waals surface area contributed by atoms with Crippen molar-refractivity contribution in [3.05, 3.63) is 65.2 Å². The van der Waals surface area contributed by atoms with Crippen LogP contribution in [0.15, 0.2) is 48.5 Å². The Bertz CT molecular complexity index is 735. The van der Waals surface area contributed by atoms with Gasteiger partial charge in [-0.05, 0) is 29.8 Å². The zero-order valence-electron chi connectivity index (χ0n) is 16.7. The fraction of sp³-hybridized carbons (Fsp3) is 0.381. The van der Waals surface area contributed by atoms with Crippen LogP contribution in [0.1, 0.15) is 28.4 Å². The van der Waals surface area contributed by atoms with Crippen LogP contribution in [0, 0.1) is 0 Å². The Balaban J connectivity index is 0.00000261. The summed E-state index contributed by atoms with van der Waals surface area (Å²) in [4.78, 5) is 17.2. The third-order valence-electron chi connectivity index (χ3n) is 5.00. The maximum Gasteiger partial charge on any atom is 0.253 e. The van der Waals surface area contributed by atoms with Gasteiger partial charge in [0, 0.05) is 45.0 Å². The van der Waals surface area contributed by atoms with Gasteiger partial charge in [-0.2, -0.15) is 0 Å². The number of halogens is 3. The lowest BCUT2D eigenvalue weighted by atomic mass is 10.1. The van der Waals surface area contributed by atoms with E-state index in [1.54, 1.807) is 12.1 Å². The molecule has 1 fully saturated rings. The molecule has 2 aromatic carbocycles. The molecule has 2 aromatic rings. The molecule has 0 aromatic heterocycles. The monoisotopic (exact) mass is 460 g/mol. The van der Waals surface area contributed by atoms with E-state index in [1.807, 2.05) is 12.1 Å². The van der Waals surface area contributed by atoms with Gasteiger partial charge >= 0.3 is 0 Å². The minimum atomic E-state index is -0.138. The number of para-hydroxylation sites is 1. The first kappa shape index (κ1) is 27.5. The third kappa shape index (κ3) is 8.03. The Hall–Kier alpha value is -1.50. The molecule has 0 unspecified atom stereocenters. The largest absolute Gasteiger partial charge is 0.398 e. The van der Waals surface area contributed by atoms with Crippen molar-refractivity contribution in [3.63, 3.8) is 0 Å². The molecule has 1 aliphatic heterocycles. The quantitative estimate of drug-likeness (QED) is 0.645. The predicted octanol–water partition coefficient (Wildman–Crippen LogP) is 3.60. The Morgan fingerprint density at radius 3 is 2.03 bits per heavy atom. The van der Waals surface area contributed by atoms with Gasteiger partial charge in [-0.15, -0.1) is 37.2 Å². The zero-order chi connectivity index (χ0) is 18.4. The van der Waals surface area contributed by atoms with E-state index in [4.69, 9.17) is 5.73 Å². The number of benzene rings is 2. The number of hydrogen-bond donors (Lipinski definition) is 2. The number of likely N-dealkylation sites (N-methyl/N-ethyl adjacent to an activating group) is 1. The zero-order valence-corrected chi connectivity index (χ0v) is 19.1. The highest BCUT2D eigenvalue weighted by Gasteiger charge is 2.15. The van der Waals surface area contributed by atoms with Gasteiger partial charge in [0.25, 0.3) is 5.91 Å². The molecule has 0 atom stereocenters. The smallest absolute Gasteiger partial charge is 0.253 e. The number of piperazine rings is 1. The summed E-state index contributed by atoms with van der Waals surface area (Å²) in [7, 11) is 0. The Kier molecular flexibility index (Phi) is 13.0. The van der Waals surface area contributed by atoms with E-state index in [0.717, 1.165) is 44.8 Å². The lowest BCUT2D eigenvalue weighted by Gasteiger charge is -2.34. The van der Waals surface area contributed by atoms with Crippen molar-refractivity contribution in [1.29, 1.82) is 0 Å². The fourth-order valence-electron chi connectivity index (χ4n) is 3.27. The summed E-state index contributed by atoms with van der Waals surface area (Å²) in [5, 5.41) is 2.93. The van der Waals surface area contributed by atoms with Crippen LogP contribution >= 0.6 is 37.2 Å². The van der Waals surface area contributed by atoms with E-state index >= 15 is 0 Å². The highest BCUT2D eigenvalue weighted by molar-refractivity contribution is 5.99. The Labute approximate surface area is 192 Å². The van der Waals surface area contributed by atoms with Crippen LogP contribution in [-0.4, -0.2) is 48.4 Å². The van der Waals surface area contributed by atoms with Gasteiger partial charge in [0.05, 0.1) is 5.56 Å². The van der Waals surface area contributed by atoms with E-state index in [9.17, 15) is 4.79 Å². The SMILES string of the molecule is CCN1CCN(Cc2ccc(CNC(=O)c3ccccc3N)cc2)CC1.Cl.Cl.Cl. The average Bonchev–Trinajstić information content (AvgIpc) is 2.68. The maximum absolute atomic E-state index is 12.2. The van der Waals surface area contributed by atoms with Crippen molar-refractivity contribution in [2.24, 2.45) is 0 Å². The summed E-state index contributed by atoms with van der Waals surface area (Å²) in [6.07, 6.45) is 0. The molecule has 0 aliphatic carbocycles. The highest BCUT2D eigenvalue weighted by atomic mass is 35.5. The number of nitrogens with one attached hydrogen (secondary N) is 1. The van der Waals surface area contributed by atoms with Crippen molar-refractivity contribution in [3.8, 4) is 0 Å². The normalized spacial score (nSPS) is 14.1. The van der Waals surface area contributed by atoms with Gasteiger partial charge in [0.2, 0.25) is 0 Å².